The minimum atomic E-state index is -0.190. The summed E-state index contributed by atoms with van der Waals surface area (Å²) < 4.78 is 13.9. The number of anilines is 1. The Hall–Kier alpha value is -2.36. The number of aryl methyl sites for hydroxylation is 1. The summed E-state index contributed by atoms with van der Waals surface area (Å²) in [7, 11) is 0. The average Bonchev–Trinajstić information content (AvgIpc) is 3.05. The molecule has 1 heterocycles. The second-order valence-corrected chi connectivity index (χ2v) is 6.96. The van der Waals surface area contributed by atoms with Crippen molar-refractivity contribution < 1.29 is 9.18 Å². The lowest BCUT2D eigenvalue weighted by molar-refractivity contribution is -0.131. The van der Waals surface area contributed by atoms with Crippen LogP contribution in [0.15, 0.2) is 48.5 Å². The van der Waals surface area contributed by atoms with Gasteiger partial charge in [-0.15, -0.1) is 0 Å². The normalized spacial score (nSPS) is 19.8. The van der Waals surface area contributed by atoms with Crippen molar-refractivity contribution >= 4 is 11.6 Å². The van der Waals surface area contributed by atoms with Gasteiger partial charge in [0.15, 0.2) is 0 Å². The summed E-state index contributed by atoms with van der Waals surface area (Å²) in [5, 5.41) is 0. The fraction of sp³-hybridized carbons (Fsp3) is 0.381. The highest BCUT2D eigenvalue weighted by Crippen LogP contribution is 2.35. The molecule has 0 spiro atoms. The molecular formula is C21H23FN2O. The van der Waals surface area contributed by atoms with Gasteiger partial charge in [-0.25, -0.2) is 4.39 Å². The number of para-hydroxylation sites is 1. The van der Waals surface area contributed by atoms with Gasteiger partial charge in [0.2, 0.25) is 5.91 Å². The molecule has 3 nitrogen and oxygen atoms in total. The van der Waals surface area contributed by atoms with Gasteiger partial charge in [-0.3, -0.25) is 4.79 Å². The topological polar surface area (TPSA) is 23.6 Å². The number of amides is 1. The van der Waals surface area contributed by atoms with Gasteiger partial charge >= 0.3 is 0 Å². The summed E-state index contributed by atoms with van der Waals surface area (Å²) in [6.07, 6.45) is 2.74. The molecule has 1 unspecified atom stereocenters. The molecule has 4 rings (SSSR count). The van der Waals surface area contributed by atoms with Crippen molar-refractivity contribution in [2.24, 2.45) is 0 Å². The summed E-state index contributed by atoms with van der Waals surface area (Å²) in [4.78, 5) is 16.7. The quantitative estimate of drug-likeness (QED) is 0.854. The van der Waals surface area contributed by atoms with E-state index in [0.717, 1.165) is 12.8 Å². The lowest BCUT2D eigenvalue weighted by Gasteiger charge is -2.36. The van der Waals surface area contributed by atoms with Gasteiger partial charge in [0.05, 0.1) is 5.69 Å². The van der Waals surface area contributed by atoms with Crippen molar-refractivity contribution in [2.75, 3.05) is 31.1 Å². The van der Waals surface area contributed by atoms with Crippen molar-refractivity contribution in [1.29, 1.82) is 0 Å². The zero-order valence-electron chi connectivity index (χ0n) is 14.3. The maximum Gasteiger partial charge on any atom is 0.223 e. The maximum absolute atomic E-state index is 13.9. The van der Waals surface area contributed by atoms with Crippen LogP contribution in [-0.4, -0.2) is 37.0 Å². The number of benzene rings is 2. The van der Waals surface area contributed by atoms with E-state index in [1.54, 1.807) is 6.07 Å². The molecule has 1 atom stereocenters. The summed E-state index contributed by atoms with van der Waals surface area (Å²) in [5.41, 5.74) is 3.38. The fourth-order valence-electron chi connectivity index (χ4n) is 4.10. The number of rotatable bonds is 3. The Morgan fingerprint density at radius 3 is 2.52 bits per heavy atom. The molecule has 1 amide bonds. The highest BCUT2D eigenvalue weighted by atomic mass is 19.1. The summed E-state index contributed by atoms with van der Waals surface area (Å²) in [6, 6.07) is 15.3. The van der Waals surface area contributed by atoms with Crippen LogP contribution in [0.2, 0.25) is 0 Å². The van der Waals surface area contributed by atoms with E-state index < -0.39 is 0 Å². The van der Waals surface area contributed by atoms with E-state index >= 15 is 0 Å². The highest BCUT2D eigenvalue weighted by Gasteiger charge is 2.28. The first-order chi connectivity index (χ1) is 12.2. The zero-order chi connectivity index (χ0) is 17.2. The van der Waals surface area contributed by atoms with Gasteiger partial charge < -0.3 is 9.80 Å². The average molecular weight is 338 g/mol. The van der Waals surface area contributed by atoms with Crippen molar-refractivity contribution in [3.63, 3.8) is 0 Å². The molecule has 1 fully saturated rings. The first-order valence-corrected chi connectivity index (χ1v) is 9.07. The molecule has 0 bridgehead atoms. The zero-order valence-corrected chi connectivity index (χ0v) is 14.3. The van der Waals surface area contributed by atoms with Crippen molar-refractivity contribution in [3.8, 4) is 0 Å². The van der Waals surface area contributed by atoms with E-state index in [1.165, 1.54) is 17.2 Å². The molecule has 1 aliphatic carbocycles. The number of nitrogens with zero attached hydrogens (tertiary/aromatic N) is 2. The van der Waals surface area contributed by atoms with Crippen LogP contribution in [0.1, 0.15) is 29.9 Å². The number of fused-ring (bicyclic) bond motifs is 1. The highest BCUT2D eigenvalue weighted by molar-refractivity contribution is 5.77. The monoisotopic (exact) mass is 338 g/mol. The largest absolute Gasteiger partial charge is 0.366 e. The molecule has 1 saturated heterocycles. The van der Waals surface area contributed by atoms with Gasteiger partial charge in [0, 0.05) is 32.6 Å². The lowest BCUT2D eigenvalue weighted by Crippen LogP contribution is -2.49. The smallest absolute Gasteiger partial charge is 0.223 e. The SMILES string of the molecule is O=C(CC1CCc2ccccc21)N1CCN(c2ccccc2F)CC1. The Labute approximate surface area is 148 Å². The van der Waals surface area contributed by atoms with Crippen LogP contribution >= 0.6 is 0 Å². The molecule has 0 N–H and O–H groups in total. The van der Waals surface area contributed by atoms with Crippen LogP contribution in [0.3, 0.4) is 0 Å². The van der Waals surface area contributed by atoms with Crippen LogP contribution in [0, 0.1) is 5.82 Å². The number of hydrogen-bond donors (Lipinski definition) is 0. The van der Waals surface area contributed by atoms with Crippen molar-refractivity contribution in [2.45, 2.75) is 25.2 Å². The Balaban J connectivity index is 1.35. The molecule has 0 radical (unpaired) electrons. The van der Waals surface area contributed by atoms with Crippen molar-refractivity contribution in [3.05, 3.63) is 65.5 Å². The van der Waals surface area contributed by atoms with Crippen LogP contribution in [0.5, 0.6) is 0 Å². The second-order valence-electron chi connectivity index (χ2n) is 6.96. The predicted molar refractivity (Wildman–Crippen MR) is 97.3 cm³/mol. The molecular weight excluding hydrogens is 315 g/mol. The molecule has 2 aromatic rings. The van der Waals surface area contributed by atoms with Gasteiger partial charge in [-0.05, 0) is 42.0 Å². The number of piperazine rings is 1. The van der Waals surface area contributed by atoms with E-state index in [4.69, 9.17) is 0 Å². The first-order valence-electron chi connectivity index (χ1n) is 9.07. The molecule has 130 valence electrons. The number of halogens is 1. The van der Waals surface area contributed by atoms with E-state index in [0.29, 0.717) is 44.2 Å². The summed E-state index contributed by atoms with van der Waals surface area (Å²) in [5.74, 6) is 0.396. The molecule has 1 aliphatic heterocycles. The summed E-state index contributed by atoms with van der Waals surface area (Å²) in [6.45, 7) is 2.71. The molecule has 4 heteroatoms. The molecule has 0 aromatic heterocycles. The lowest BCUT2D eigenvalue weighted by atomic mass is 9.97. The second kappa shape index (κ2) is 6.87. The van der Waals surface area contributed by atoms with Gasteiger partial charge in [-0.1, -0.05) is 36.4 Å². The predicted octanol–water partition coefficient (Wildman–Crippen LogP) is 3.59. The Kier molecular flexibility index (Phi) is 4.43. The van der Waals surface area contributed by atoms with Crippen LogP contribution < -0.4 is 4.90 Å². The first kappa shape index (κ1) is 16.1. The van der Waals surface area contributed by atoms with E-state index in [-0.39, 0.29) is 11.7 Å². The Morgan fingerprint density at radius 2 is 1.72 bits per heavy atom. The third-order valence-corrected chi connectivity index (χ3v) is 5.50. The van der Waals surface area contributed by atoms with E-state index in [2.05, 4.69) is 24.3 Å². The minimum Gasteiger partial charge on any atom is -0.366 e. The maximum atomic E-state index is 13.9. The van der Waals surface area contributed by atoms with Gasteiger partial charge in [-0.2, -0.15) is 0 Å². The Morgan fingerprint density at radius 1 is 1.00 bits per heavy atom. The van der Waals surface area contributed by atoms with Crippen LogP contribution in [0.25, 0.3) is 0 Å². The standard InChI is InChI=1S/C21H23FN2O/c22-19-7-3-4-8-20(19)23-11-13-24(14-12-23)21(25)15-17-10-9-16-5-1-2-6-18(16)17/h1-8,17H,9-15H2. The third kappa shape index (κ3) is 3.26. The molecule has 2 aromatic carbocycles. The molecule has 2 aliphatic rings. The number of carbonyl (C=O) groups is 1. The minimum absolute atomic E-state index is 0.190. The molecule has 0 saturated carbocycles. The van der Waals surface area contributed by atoms with E-state index in [9.17, 15) is 9.18 Å². The molecule has 25 heavy (non-hydrogen) atoms. The third-order valence-electron chi connectivity index (χ3n) is 5.50. The van der Waals surface area contributed by atoms with Crippen molar-refractivity contribution in [1.82, 2.24) is 4.90 Å². The van der Waals surface area contributed by atoms with E-state index in [1.807, 2.05) is 21.9 Å². The number of hydrogen-bond acceptors (Lipinski definition) is 2. The van der Waals surface area contributed by atoms with Gasteiger partial charge in [0.1, 0.15) is 5.82 Å². The number of carbonyl (C=O) groups excluding carboxylic acids is 1. The summed E-state index contributed by atoms with van der Waals surface area (Å²) >= 11 is 0. The van der Waals surface area contributed by atoms with Crippen LogP contribution in [0.4, 0.5) is 10.1 Å². The van der Waals surface area contributed by atoms with Crippen LogP contribution in [-0.2, 0) is 11.2 Å². The fourth-order valence-corrected chi connectivity index (χ4v) is 4.10. The van der Waals surface area contributed by atoms with Gasteiger partial charge in [0.25, 0.3) is 0 Å². The Bertz CT molecular complexity index is 768.